The van der Waals surface area contributed by atoms with E-state index in [2.05, 4.69) is 31.2 Å². The number of aromatic nitrogens is 2. The van der Waals surface area contributed by atoms with Gasteiger partial charge < -0.3 is 26.2 Å². The van der Waals surface area contributed by atoms with E-state index in [0.29, 0.717) is 32.1 Å². The number of nitrogens with one attached hydrogen (secondary N) is 4. The molecule has 4 N–H and O–H groups in total. The topological polar surface area (TPSA) is 180 Å². The lowest BCUT2D eigenvalue weighted by atomic mass is 9.82. The number of fused-ring (bicyclic) bond motifs is 1. The number of nitrogens with zero attached hydrogens (tertiary/aromatic N) is 3. The van der Waals surface area contributed by atoms with Crippen LogP contribution in [0.4, 0.5) is 8.78 Å². The van der Waals surface area contributed by atoms with Gasteiger partial charge in [0.2, 0.25) is 29.9 Å². The van der Waals surface area contributed by atoms with Crippen LogP contribution < -0.4 is 21.3 Å². The second-order valence-electron chi connectivity index (χ2n) is 15.3. The molecule has 50 heavy (non-hydrogen) atoms. The Morgan fingerprint density at radius 2 is 1.62 bits per heavy atom. The molecule has 0 radical (unpaired) electrons. The van der Waals surface area contributed by atoms with Gasteiger partial charge in [-0.05, 0) is 61.7 Å². The van der Waals surface area contributed by atoms with Crippen LogP contribution in [0.25, 0.3) is 0 Å². The Labute approximate surface area is 290 Å². The number of likely N-dealkylation sites (tertiary alicyclic amines) is 1. The molecule has 15 heteroatoms. The van der Waals surface area contributed by atoms with Crippen LogP contribution in [0.3, 0.4) is 0 Å². The normalized spacial score (nSPS) is 24.1. The van der Waals surface area contributed by atoms with Crippen LogP contribution in [-0.2, 0) is 24.0 Å². The summed E-state index contributed by atoms with van der Waals surface area (Å²) in [5.41, 5.74) is -0.789. The number of amides is 5. The molecule has 0 bridgehead atoms. The first-order chi connectivity index (χ1) is 23.7. The summed E-state index contributed by atoms with van der Waals surface area (Å²) in [5, 5.41) is 10.7. The van der Waals surface area contributed by atoms with Crippen molar-refractivity contribution in [1.29, 1.82) is 0 Å². The maximum Gasteiger partial charge on any atom is 0.289 e. The van der Waals surface area contributed by atoms with E-state index in [1.54, 1.807) is 20.8 Å². The SMILES string of the molecule is CC(C)(C)[C@H](NC(=O)[C@@H](NC(=O)c1cnccn1)C1CCCCC1)C(=O)N1C[C@@H]2CCC[C@@H]2[C@H]1C(=O)NC(CC(F)F)C(=O)C(=O)NC1CC1. The molecule has 4 aliphatic rings. The van der Waals surface area contributed by atoms with Gasteiger partial charge in [-0.2, -0.15) is 0 Å². The van der Waals surface area contributed by atoms with Gasteiger partial charge in [0.1, 0.15) is 29.9 Å². The summed E-state index contributed by atoms with van der Waals surface area (Å²) in [6.45, 7) is 5.57. The van der Waals surface area contributed by atoms with Crippen molar-refractivity contribution in [2.24, 2.45) is 23.2 Å². The molecule has 3 aliphatic carbocycles. The molecule has 1 unspecified atom stereocenters. The van der Waals surface area contributed by atoms with E-state index < -0.39 is 77.7 Å². The van der Waals surface area contributed by atoms with E-state index in [1.165, 1.54) is 23.5 Å². The third-order valence-electron chi connectivity index (χ3n) is 10.5. The minimum absolute atomic E-state index is 0.0327. The molecule has 5 rings (SSSR count). The monoisotopic (exact) mass is 701 g/mol. The van der Waals surface area contributed by atoms with E-state index in [9.17, 15) is 37.5 Å². The number of carbonyl (C=O) groups is 6. The first-order valence-electron chi connectivity index (χ1n) is 17.9. The Balaban J connectivity index is 1.36. The van der Waals surface area contributed by atoms with E-state index in [0.717, 1.165) is 32.1 Å². The van der Waals surface area contributed by atoms with Crippen LogP contribution in [0.5, 0.6) is 0 Å². The summed E-state index contributed by atoms with van der Waals surface area (Å²) in [6.07, 6.45) is 7.90. The molecule has 3 saturated carbocycles. The molecule has 1 aliphatic heterocycles. The molecule has 5 amide bonds. The zero-order valence-electron chi connectivity index (χ0n) is 29.0. The number of Topliss-reactive ketones (excluding diaryl/α,β-unsaturated/α-hetero) is 1. The maximum atomic E-state index is 14.5. The Hall–Kier alpha value is -4.04. The van der Waals surface area contributed by atoms with E-state index >= 15 is 0 Å². The molecule has 13 nitrogen and oxygen atoms in total. The second-order valence-corrected chi connectivity index (χ2v) is 15.3. The average Bonchev–Trinajstić information content (AvgIpc) is 3.65. The number of hydrogen-bond donors (Lipinski definition) is 4. The number of halogens is 2. The molecular formula is C35H49F2N7O6. The predicted octanol–water partition coefficient (Wildman–Crippen LogP) is 2.30. The van der Waals surface area contributed by atoms with Crippen molar-refractivity contribution < 1.29 is 37.5 Å². The number of ketones is 1. The molecule has 1 aromatic heterocycles. The van der Waals surface area contributed by atoms with Crippen LogP contribution in [0, 0.1) is 23.2 Å². The summed E-state index contributed by atoms with van der Waals surface area (Å²) in [6, 6.07) is -5.10. The number of alkyl halides is 2. The van der Waals surface area contributed by atoms with Crippen LogP contribution in [0.2, 0.25) is 0 Å². The zero-order valence-corrected chi connectivity index (χ0v) is 29.0. The number of rotatable bonds is 13. The van der Waals surface area contributed by atoms with Gasteiger partial charge in [0, 0.05) is 31.4 Å². The van der Waals surface area contributed by atoms with Crippen molar-refractivity contribution in [3.05, 3.63) is 24.3 Å². The van der Waals surface area contributed by atoms with Gasteiger partial charge in [0.15, 0.2) is 0 Å². The fourth-order valence-electron chi connectivity index (χ4n) is 7.72. The fraction of sp³-hybridized carbons (Fsp3) is 0.714. The standard InChI is InChI=1S/C35H49F2N7O6/c1-35(2,3)29(43-31(47)26(19-8-5-4-6-9-19)42-30(46)24-17-38-14-15-39-24)34(50)44-18-20-10-7-11-22(20)27(44)32(48)41-23(16-25(36)37)28(45)33(49)40-21-12-13-21/h14-15,17,19-23,25-27,29H,4-13,16,18H2,1-3H3,(H,40,49)(H,41,48)(H,42,46)(H,43,47)/t20-,22-,23?,26-,27-,29+/m0/s1. The lowest BCUT2D eigenvalue weighted by molar-refractivity contribution is -0.146. The van der Waals surface area contributed by atoms with E-state index in [4.69, 9.17) is 0 Å². The predicted molar refractivity (Wildman–Crippen MR) is 176 cm³/mol. The smallest absolute Gasteiger partial charge is 0.289 e. The first-order valence-corrected chi connectivity index (χ1v) is 17.9. The number of hydrogen-bond acceptors (Lipinski definition) is 8. The highest BCUT2D eigenvalue weighted by atomic mass is 19.3. The van der Waals surface area contributed by atoms with Crippen molar-refractivity contribution in [3.8, 4) is 0 Å². The third kappa shape index (κ3) is 9.00. The minimum Gasteiger partial charge on any atom is -0.347 e. The Morgan fingerprint density at radius 3 is 2.24 bits per heavy atom. The maximum absolute atomic E-state index is 14.5. The molecule has 6 atom stereocenters. The van der Waals surface area contributed by atoms with Gasteiger partial charge in [-0.3, -0.25) is 33.8 Å². The lowest BCUT2D eigenvalue weighted by Gasteiger charge is -2.38. The van der Waals surface area contributed by atoms with Crippen LogP contribution in [0.1, 0.15) is 102 Å². The van der Waals surface area contributed by atoms with Gasteiger partial charge in [0.25, 0.3) is 11.8 Å². The Kier molecular flexibility index (Phi) is 11.8. The van der Waals surface area contributed by atoms with E-state index in [-0.39, 0.29) is 36.0 Å². The highest BCUT2D eigenvalue weighted by molar-refractivity contribution is 6.38. The molecule has 2 heterocycles. The lowest BCUT2D eigenvalue weighted by Crippen LogP contribution is -2.62. The van der Waals surface area contributed by atoms with E-state index in [1.807, 2.05) is 0 Å². The van der Waals surface area contributed by atoms with Crippen molar-refractivity contribution in [2.75, 3.05) is 6.54 Å². The number of carbonyl (C=O) groups excluding carboxylic acids is 6. The molecule has 274 valence electrons. The van der Waals surface area contributed by atoms with Gasteiger partial charge in [-0.15, -0.1) is 0 Å². The largest absolute Gasteiger partial charge is 0.347 e. The van der Waals surface area contributed by atoms with Gasteiger partial charge in [0.05, 0.1) is 6.20 Å². The fourth-order valence-corrected chi connectivity index (χ4v) is 7.72. The minimum atomic E-state index is -2.97. The highest BCUT2D eigenvalue weighted by Crippen LogP contribution is 2.43. The molecule has 0 spiro atoms. The second kappa shape index (κ2) is 15.9. The van der Waals surface area contributed by atoms with Crippen LogP contribution in [-0.4, -0.2) is 93.4 Å². The van der Waals surface area contributed by atoms with Crippen molar-refractivity contribution in [1.82, 2.24) is 36.1 Å². The van der Waals surface area contributed by atoms with Crippen LogP contribution in [0.15, 0.2) is 18.6 Å². The third-order valence-corrected chi connectivity index (χ3v) is 10.5. The van der Waals surface area contributed by atoms with Gasteiger partial charge in [-0.25, -0.2) is 13.8 Å². The Bertz CT molecular complexity index is 1430. The summed E-state index contributed by atoms with van der Waals surface area (Å²) < 4.78 is 27.2. The van der Waals surface area contributed by atoms with Crippen molar-refractivity contribution in [3.63, 3.8) is 0 Å². The Morgan fingerprint density at radius 1 is 0.900 bits per heavy atom. The first kappa shape index (κ1) is 37.2. The summed E-state index contributed by atoms with van der Waals surface area (Å²) in [4.78, 5) is 90.6. The molecule has 1 saturated heterocycles. The molecule has 0 aromatic carbocycles. The summed E-state index contributed by atoms with van der Waals surface area (Å²) in [7, 11) is 0. The zero-order chi connectivity index (χ0) is 36.2. The molecule has 4 fully saturated rings. The van der Waals surface area contributed by atoms with Crippen molar-refractivity contribution >= 4 is 35.3 Å². The van der Waals surface area contributed by atoms with Gasteiger partial charge in [-0.1, -0.05) is 46.5 Å². The highest BCUT2D eigenvalue weighted by Gasteiger charge is 2.52. The molecular weight excluding hydrogens is 652 g/mol. The average molecular weight is 702 g/mol. The quantitative estimate of drug-likeness (QED) is 0.226. The van der Waals surface area contributed by atoms with Crippen LogP contribution >= 0.6 is 0 Å². The van der Waals surface area contributed by atoms with Crippen molar-refractivity contribution in [2.45, 2.75) is 128 Å². The molecule has 1 aromatic rings. The summed E-state index contributed by atoms with van der Waals surface area (Å²) in [5.74, 6) is -5.06. The summed E-state index contributed by atoms with van der Waals surface area (Å²) >= 11 is 0. The van der Waals surface area contributed by atoms with Gasteiger partial charge >= 0.3 is 0 Å².